The van der Waals surface area contributed by atoms with Crippen molar-refractivity contribution in [2.75, 3.05) is 0 Å². The summed E-state index contributed by atoms with van der Waals surface area (Å²) in [6, 6.07) is 17.4. The zero-order valence-electron chi connectivity index (χ0n) is 21.7. The molecule has 2 aliphatic rings. The summed E-state index contributed by atoms with van der Waals surface area (Å²) in [4.78, 5) is 12.4. The number of nitrogens with one attached hydrogen (secondary N) is 1. The van der Waals surface area contributed by atoms with E-state index in [2.05, 4.69) is 61.6 Å². The maximum atomic E-state index is 12.4. The molecule has 180 valence electrons. The predicted octanol–water partition coefficient (Wildman–Crippen LogP) is 7.39. The summed E-state index contributed by atoms with van der Waals surface area (Å²) < 4.78 is 5.76. The molecule has 2 aromatic carbocycles. The van der Waals surface area contributed by atoms with Crippen molar-refractivity contribution >= 4 is 5.97 Å². The van der Waals surface area contributed by atoms with E-state index in [1.54, 1.807) is 0 Å². The predicted molar refractivity (Wildman–Crippen MR) is 138 cm³/mol. The Kier molecular flexibility index (Phi) is 8.05. The first-order chi connectivity index (χ1) is 15.7. The topological polar surface area (TPSA) is 38.3 Å². The van der Waals surface area contributed by atoms with Crippen LogP contribution in [0, 0.1) is 11.3 Å². The molecule has 1 N–H and O–H groups in total. The Morgan fingerprint density at radius 2 is 1.82 bits per heavy atom. The molecule has 4 atom stereocenters. The molecule has 0 saturated heterocycles. The maximum Gasteiger partial charge on any atom is 0.316 e. The molecule has 0 bridgehead atoms. The van der Waals surface area contributed by atoms with Gasteiger partial charge in [-0.15, -0.1) is 0 Å². The molecule has 33 heavy (non-hydrogen) atoms. The van der Waals surface area contributed by atoms with Crippen molar-refractivity contribution in [1.82, 2.24) is 5.32 Å². The molecule has 3 nitrogen and oxygen atoms in total. The smallest absolute Gasteiger partial charge is 0.316 e. The van der Waals surface area contributed by atoms with Gasteiger partial charge in [0.25, 0.3) is 0 Å². The second-order valence-electron chi connectivity index (χ2n) is 10.7. The van der Waals surface area contributed by atoms with Crippen LogP contribution in [0.4, 0.5) is 0 Å². The Hall–Kier alpha value is -2.13. The molecule has 0 heterocycles. The number of fused-ring (bicyclic) bond motifs is 2. The number of carbonyl (C=O) groups excluding carboxylic acids is 1. The molecule has 0 radical (unpaired) electrons. The van der Waals surface area contributed by atoms with Crippen LogP contribution < -0.4 is 10.1 Å². The molecule has 4 rings (SSSR count). The maximum absolute atomic E-state index is 12.4. The van der Waals surface area contributed by atoms with Gasteiger partial charge in [-0.05, 0) is 81.2 Å². The fourth-order valence-corrected chi connectivity index (χ4v) is 5.88. The summed E-state index contributed by atoms with van der Waals surface area (Å²) in [5.74, 6) is 1.65. The number of ether oxygens (including phenoxy) is 1. The van der Waals surface area contributed by atoms with Gasteiger partial charge < -0.3 is 10.1 Å². The highest BCUT2D eigenvalue weighted by Gasteiger charge is 2.55. The molecule has 1 saturated carbocycles. The van der Waals surface area contributed by atoms with E-state index < -0.39 is 5.41 Å². The Labute approximate surface area is 201 Å². The first kappa shape index (κ1) is 25.5. The van der Waals surface area contributed by atoms with Crippen molar-refractivity contribution in [3.05, 3.63) is 65.2 Å². The Morgan fingerprint density at radius 3 is 2.48 bits per heavy atom. The van der Waals surface area contributed by atoms with Gasteiger partial charge in [-0.2, -0.15) is 0 Å². The summed E-state index contributed by atoms with van der Waals surface area (Å²) in [6.45, 7) is 15.4. The Bertz CT molecular complexity index is 930. The molecule has 1 fully saturated rings. The fraction of sp³-hybridized carbons (Fsp3) is 0.567. The van der Waals surface area contributed by atoms with E-state index in [9.17, 15) is 4.79 Å². The van der Waals surface area contributed by atoms with Crippen LogP contribution in [0.15, 0.2) is 48.5 Å². The molecule has 2 aliphatic carbocycles. The largest absolute Gasteiger partial charge is 0.426 e. The highest BCUT2D eigenvalue weighted by molar-refractivity contribution is 5.78. The van der Waals surface area contributed by atoms with E-state index in [0.29, 0.717) is 23.6 Å². The lowest BCUT2D eigenvalue weighted by atomic mass is 9.46. The van der Waals surface area contributed by atoms with Crippen LogP contribution in [0.25, 0.3) is 0 Å². The van der Waals surface area contributed by atoms with Crippen molar-refractivity contribution < 1.29 is 9.53 Å². The molecule has 2 aromatic rings. The molecule has 0 aromatic heterocycles. The molecular weight excluding hydrogens is 406 g/mol. The number of hydrogen-bond donors (Lipinski definition) is 1. The minimum Gasteiger partial charge on any atom is -0.426 e. The van der Waals surface area contributed by atoms with E-state index in [1.807, 2.05) is 40.7 Å². The average Bonchev–Trinajstić information content (AvgIpc) is 2.83. The monoisotopic (exact) mass is 449 g/mol. The van der Waals surface area contributed by atoms with Crippen LogP contribution >= 0.6 is 0 Å². The number of benzene rings is 2. The standard InChI is InChI=1S/C28H37NO2.C2H6/c1-19-23-15-14-22(31-26(30)27(3,4)5)17-25(23)28(19)16-10-9-13-24(28)20(2)29-18-21-11-7-6-8-12-21;1-2/h6-8,11-12,14-15,17,19-20,24,29H,9-10,13,16,18H2,1-5H3;1-2H3. The minimum atomic E-state index is -0.503. The van der Waals surface area contributed by atoms with Crippen LogP contribution in [-0.2, 0) is 16.8 Å². The van der Waals surface area contributed by atoms with E-state index >= 15 is 0 Å². The highest BCUT2D eigenvalue weighted by atomic mass is 16.5. The number of esters is 1. The number of carbonyl (C=O) groups is 1. The summed E-state index contributed by atoms with van der Waals surface area (Å²) in [7, 11) is 0. The van der Waals surface area contributed by atoms with E-state index in [-0.39, 0.29) is 11.4 Å². The summed E-state index contributed by atoms with van der Waals surface area (Å²) in [5.41, 5.74) is 3.85. The van der Waals surface area contributed by atoms with Gasteiger partial charge in [-0.25, -0.2) is 0 Å². The lowest BCUT2D eigenvalue weighted by Gasteiger charge is -2.58. The first-order valence-electron chi connectivity index (χ1n) is 12.9. The van der Waals surface area contributed by atoms with Crippen LogP contribution in [0.3, 0.4) is 0 Å². The third kappa shape index (κ3) is 5.04. The highest BCUT2D eigenvalue weighted by Crippen LogP contribution is 2.62. The molecule has 3 heteroatoms. The van der Waals surface area contributed by atoms with Gasteiger partial charge in [0.05, 0.1) is 5.41 Å². The van der Waals surface area contributed by atoms with Crippen LogP contribution in [-0.4, -0.2) is 12.0 Å². The van der Waals surface area contributed by atoms with Crippen LogP contribution in [0.5, 0.6) is 5.75 Å². The average molecular weight is 450 g/mol. The second kappa shape index (κ2) is 10.4. The van der Waals surface area contributed by atoms with Crippen molar-refractivity contribution in [3.8, 4) is 5.75 Å². The molecule has 1 spiro atoms. The van der Waals surface area contributed by atoms with Gasteiger partial charge in [0.2, 0.25) is 0 Å². The van der Waals surface area contributed by atoms with Crippen molar-refractivity contribution in [1.29, 1.82) is 0 Å². The lowest BCUT2D eigenvalue weighted by Crippen LogP contribution is -2.55. The van der Waals surface area contributed by atoms with Gasteiger partial charge in [0.15, 0.2) is 0 Å². The van der Waals surface area contributed by atoms with Crippen molar-refractivity contribution in [2.45, 2.75) is 98.1 Å². The van der Waals surface area contributed by atoms with E-state index in [1.165, 1.54) is 42.4 Å². The minimum absolute atomic E-state index is 0.174. The summed E-state index contributed by atoms with van der Waals surface area (Å²) >= 11 is 0. The third-order valence-electron chi connectivity index (χ3n) is 7.68. The summed E-state index contributed by atoms with van der Waals surface area (Å²) in [6.07, 6.45) is 5.04. The van der Waals surface area contributed by atoms with Crippen molar-refractivity contribution in [2.24, 2.45) is 11.3 Å². The Morgan fingerprint density at radius 1 is 1.12 bits per heavy atom. The van der Waals surface area contributed by atoms with Gasteiger partial charge in [-0.3, -0.25) is 4.79 Å². The second-order valence-corrected chi connectivity index (χ2v) is 10.7. The van der Waals surface area contributed by atoms with Gasteiger partial charge in [-0.1, -0.05) is 70.0 Å². The summed E-state index contributed by atoms with van der Waals surface area (Å²) in [5, 5.41) is 3.82. The van der Waals surface area contributed by atoms with Crippen LogP contribution in [0.1, 0.15) is 96.8 Å². The SMILES string of the molecule is CC.CC(NCc1ccccc1)C1CCCCC12c1cc(OC(=O)C(C)(C)C)ccc1C2C. The third-order valence-corrected chi connectivity index (χ3v) is 7.68. The lowest BCUT2D eigenvalue weighted by molar-refractivity contribution is -0.143. The number of hydrogen-bond acceptors (Lipinski definition) is 3. The molecule has 0 amide bonds. The zero-order chi connectivity index (χ0) is 24.2. The van der Waals surface area contributed by atoms with Crippen LogP contribution in [0.2, 0.25) is 0 Å². The van der Waals surface area contributed by atoms with E-state index in [4.69, 9.17) is 4.74 Å². The van der Waals surface area contributed by atoms with Gasteiger partial charge in [0.1, 0.15) is 5.75 Å². The molecule has 0 aliphatic heterocycles. The van der Waals surface area contributed by atoms with E-state index in [0.717, 1.165) is 6.54 Å². The number of rotatable bonds is 5. The quantitative estimate of drug-likeness (QED) is 0.382. The van der Waals surface area contributed by atoms with Gasteiger partial charge in [0, 0.05) is 18.0 Å². The normalized spacial score (nSPS) is 24.7. The zero-order valence-corrected chi connectivity index (χ0v) is 21.7. The molecule has 4 unspecified atom stereocenters. The Balaban J connectivity index is 0.00000149. The first-order valence-corrected chi connectivity index (χ1v) is 12.9. The van der Waals surface area contributed by atoms with Crippen molar-refractivity contribution in [3.63, 3.8) is 0 Å². The van der Waals surface area contributed by atoms with Gasteiger partial charge >= 0.3 is 5.97 Å². The molecular formula is C30H43NO2. The fourth-order valence-electron chi connectivity index (χ4n) is 5.88.